The molecule has 6 heteroatoms. The number of nitrogens with one attached hydrogen (secondary N) is 1. The van der Waals surface area contributed by atoms with E-state index in [1.807, 2.05) is 31.2 Å². The van der Waals surface area contributed by atoms with E-state index in [-0.39, 0.29) is 11.1 Å². The van der Waals surface area contributed by atoms with Crippen molar-refractivity contribution in [1.29, 1.82) is 0 Å². The van der Waals surface area contributed by atoms with Gasteiger partial charge in [-0.25, -0.2) is 0 Å². The van der Waals surface area contributed by atoms with Crippen molar-refractivity contribution in [1.82, 2.24) is 10.2 Å². The second kappa shape index (κ2) is 7.93. The molecule has 1 N–H and O–H groups in total. The Balaban J connectivity index is 1.58. The summed E-state index contributed by atoms with van der Waals surface area (Å²) in [6, 6.07) is 7.80. The van der Waals surface area contributed by atoms with Gasteiger partial charge in [0.1, 0.15) is 12.4 Å². The Morgan fingerprint density at radius 2 is 2.33 bits per heavy atom. The first kappa shape index (κ1) is 15.7. The summed E-state index contributed by atoms with van der Waals surface area (Å²) in [5, 5.41) is 2.87. The predicted octanol–water partition coefficient (Wildman–Crippen LogP) is 2.05. The molecule has 0 aromatic heterocycles. The zero-order valence-corrected chi connectivity index (χ0v) is 12.9. The molecule has 2 rings (SSSR count). The van der Waals surface area contributed by atoms with E-state index in [4.69, 9.17) is 4.74 Å². The predicted molar refractivity (Wildman–Crippen MR) is 83.7 cm³/mol. The average molecular weight is 308 g/mol. The molecule has 0 radical (unpaired) electrons. The third-order valence-electron chi connectivity index (χ3n) is 3.14. The van der Waals surface area contributed by atoms with E-state index in [9.17, 15) is 9.59 Å². The first-order valence-electron chi connectivity index (χ1n) is 7.03. The summed E-state index contributed by atoms with van der Waals surface area (Å²) < 4.78 is 5.55. The minimum absolute atomic E-state index is 0.0486. The number of rotatable bonds is 7. The van der Waals surface area contributed by atoms with E-state index in [0.29, 0.717) is 26.1 Å². The highest BCUT2D eigenvalue weighted by Gasteiger charge is 2.21. The van der Waals surface area contributed by atoms with Gasteiger partial charge in [-0.3, -0.25) is 9.59 Å². The molecular weight excluding hydrogens is 288 g/mol. The Labute approximate surface area is 129 Å². The van der Waals surface area contributed by atoms with Crippen molar-refractivity contribution in [3.63, 3.8) is 0 Å². The monoisotopic (exact) mass is 308 g/mol. The summed E-state index contributed by atoms with van der Waals surface area (Å²) in [5.74, 6) is 1.58. The molecule has 1 aliphatic rings. The molecule has 1 aliphatic heterocycles. The van der Waals surface area contributed by atoms with Crippen LogP contribution in [-0.2, 0) is 4.79 Å². The van der Waals surface area contributed by atoms with Crippen LogP contribution in [0.1, 0.15) is 12.0 Å². The smallest absolute Gasteiger partial charge is 0.281 e. The van der Waals surface area contributed by atoms with Crippen LogP contribution >= 0.6 is 11.8 Å². The van der Waals surface area contributed by atoms with Gasteiger partial charge in [0.25, 0.3) is 5.24 Å². The Morgan fingerprint density at radius 1 is 1.48 bits per heavy atom. The van der Waals surface area contributed by atoms with E-state index in [1.165, 1.54) is 11.8 Å². The first-order chi connectivity index (χ1) is 10.1. The average Bonchev–Trinajstić information content (AvgIpc) is 2.87. The molecule has 1 fully saturated rings. The van der Waals surface area contributed by atoms with Crippen LogP contribution < -0.4 is 10.1 Å². The highest BCUT2D eigenvalue weighted by atomic mass is 32.2. The van der Waals surface area contributed by atoms with Crippen molar-refractivity contribution in [2.45, 2.75) is 13.3 Å². The fraction of sp³-hybridized carbons (Fsp3) is 0.467. The molecule has 1 aromatic rings. The van der Waals surface area contributed by atoms with Gasteiger partial charge >= 0.3 is 0 Å². The number of nitrogens with zero attached hydrogens (tertiary/aromatic N) is 1. The van der Waals surface area contributed by atoms with Crippen molar-refractivity contribution >= 4 is 22.9 Å². The van der Waals surface area contributed by atoms with Crippen LogP contribution in [0.15, 0.2) is 24.3 Å². The first-order valence-corrected chi connectivity index (χ1v) is 8.01. The fourth-order valence-corrected chi connectivity index (χ4v) is 2.87. The van der Waals surface area contributed by atoms with Crippen molar-refractivity contribution in [3.05, 3.63) is 29.8 Å². The van der Waals surface area contributed by atoms with Crippen molar-refractivity contribution in [3.8, 4) is 5.75 Å². The maximum absolute atomic E-state index is 11.7. The lowest BCUT2D eigenvalue weighted by atomic mass is 10.2. The van der Waals surface area contributed by atoms with Gasteiger partial charge in [-0.05, 0) is 24.6 Å². The molecular formula is C15H20N2O3S. The Bertz CT molecular complexity index is 507. The standard InChI is InChI=1S/C15H20N2O3S/c1-12-3-2-4-13(11-12)20-9-6-16-14(18)5-7-17-8-10-21-15(17)19/h2-4,11H,5-10H2,1H3,(H,16,18). The van der Waals surface area contributed by atoms with Gasteiger partial charge < -0.3 is 15.0 Å². The van der Waals surface area contributed by atoms with Crippen LogP contribution in [0.4, 0.5) is 4.79 Å². The highest BCUT2D eigenvalue weighted by molar-refractivity contribution is 8.13. The Morgan fingerprint density at radius 3 is 3.05 bits per heavy atom. The topological polar surface area (TPSA) is 58.6 Å². The number of carbonyl (C=O) groups is 2. The molecule has 0 bridgehead atoms. The lowest BCUT2D eigenvalue weighted by molar-refractivity contribution is -0.121. The second-order valence-corrected chi connectivity index (χ2v) is 5.91. The lowest BCUT2D eigenvalue weighted by Gasteiger charge is -2.14. The summed E-state index contributed by atoms with van der Waals surface area (Å²) in [7, 11) is 0. The number of benzene rings is 1. The molecule has 1 heterocycles. The molecule has 0 atom stereocenters. The van der Waals surface area contributed by atoms with Crippen molar-refractivity contribution in [2.24, 2.45) is 0 Å². The number of aryl methyl sites for hydroxylation is 1. The summed E-state index contributed by atoms with van der Waals surface area (Å²) in [6.45, 7) is 4.15. The minimum Gasteiger partial charge on any atom is -0.492 e. The molecule has 0 unspecified atom stereocenters. The lowest BCUT2D eigenvalue weighted by Crippen LogP contribution is -2.32. The maximum atomic E-state index is 11.7. The number of ether oxygens (including phenoxy) is 1. The van der Waals surface area contributed by atoms with Crippen LogP contribution in [0.3, 0.4) is 0 Å². The molecule has 0 aliphatic carbocycles. The quantitative estimate of drug-likeness (QED) is 0.783. The molecule has 1 aromatic carbocycles. The Kier molecular flexibility index (Phi) is 5.92. The Hall–Kier alpha value is -1.69. The summed E-state index contributed by atoms with van der Waals surface area (Å²) >= 11 is 1.31. The van der Waals surface area contributed by atoms with Crippen molar-refractivity contribution < 1.29 is 14.3 Å². The normalized spacial score (nSPS) is 14.3. The third kappa shape index (κ3) is 5.30. The molecule has 2 amide bonds. The van der Waals surface area contributed by atoms with Gasteiger partial charge in [0, 0.05) is 25.3 Å². The zero-order chi connectivity index (χ0) is 15.1. The van der Waals surface area contributed by atoms with Gasteiger partial charge in [0.2, 0.25) is 5.91 Å². The largest absolute Gasteiger partial charge is 0.492 e. The summed E-state index contributed by atoms with van der Waals surface area (Å²) in [6.07, 6.45) is 0.344. The molecule has 21 heavy (non-hydrogen) atoms. The molecule has 114 valence electrons. The zero-order valence-electron chi connectivity index (χ0n) is 12.1. The molecule has 1 saturated heterocycles. The van der Waals surface area contributed by atoms with Gasteiger partial charge in [0.05, 0.1) is 6.54 Å². The fourth-order valence-electron chi connectivity index (χ4n) is 2.02. The van der Waals surface area contributed by atoms with Crippen LogP contribution in [0.25, 0.3) is 0 Å². The molecule has 0 saturated carbocycles. The highest BCUT2D eigenvalue weighted by Crippen LogP contribution is 2.17. The molecule has 0 spiro atoms. The van der Waals surface area contributed by atoms with E-state index in [0.717, 1.165) is 23.6 Å². The van der Waals surface area contributed by atoms with Gasteiger partial charge in [-0.15, -0.1) is 0 Å². The SMILES string of the molecule is Cc1cccc(OCCNC(=O)CCN2CCSC2=O)c1. The van der Waals surface area contributed by atoms with Crippen LogP contribution in [0.2, 0.25) is 0 Å². The second-order valence-electron chi connectivity index (χ2n) is 4.87. The van der Waals surface area contributed by atoms with E-state index >= 15 is 0 Å². The van der Waals surface area contributed by atoms with Gasteiger partial charge in [-0.1, -0.05) is 23.9 Å². The van der Waals surface area contributed by atoms with E-state index in [1.54, 1.807) is 4.90 Å². The maximum Gasteiger partial charge on any atom is 0.281 e. The summed E-state index contributed by atoms with van der Waals surface area (Å²) in [5.41, 5.74) is 1.14. The number of amides is 2. The van der Waals surface area contributed by atoms with Gasteiger partial charge in [-0.2, -0.15) is 0 Å². The van der Waals surface area contributed by atoms with Crippen molar-refractivity contribution in [2.75, 3.05) is 32.0 Å². The van der Waals surface area contributed by atoms with E-state index < -0.39 is 0 Å². The number of hydrogen-bond acceptors (Lipinski definition) is 4. The molecule has 5 nitrogen and oxygen atoms in total. The number of hydrogen-bond donors (Lipinski definition) is 1. The van der Waals surface area contributed by atoms with Crippen LogP contribution in [0, 0.1) is 6.92 Å². The summed E-state index contributed by atoms with van der Waals surface area (Å²) in [4.78, 5) is 24.7. The van der Waals surface area contributed by atoms with Gasteiger partial charge in [0.15, 0.2) is 0 Å². The third-order valence-corrected chi connectivity index (χ3v) is 4.03. The number of thioether (sulfide) groups is 1. The van der Waals surface area contributed by atoms with E-state index in [2.05, 4.69) is 5.32 Å². The van der Waals surface area contributed by atoms with Crippen LogP contribution in [-0.4, -0.2) is 48.0 Å². The minimum atomic E-state index is -0.0486. The number of carbonyl (C=O) groups excluding carboxylic acids is 2. The van der Waals surface area contributed by atoms with Crippen LogP contribution in [0.5, 0.6) is 5.75 Å².